The Morgan fingerprint density at radius 3 is 2.59 bits per heavy atom. The number of alkyl carbamates (subject to hydrolysis) is 1. The Morgan fingerprint density at radius 2 is 2.05 bits per heavy atom. The third kappa shape index (κ3) is 6.40. The van der Waals surface area contributed by atoms with E-state index < -0.39 is 17.8 Å². The molecule has 0 fully saturated rings. The molecular weight excluding hydrogens is 306 g/mol. The van der Waals surface area contributed by atoms with Crippen molar-refractivity contribution in [2.45, 2.75) is 46.3 Å². The van der Waals surface area contributed by atoms with Gasteiger partial charge in [0, 0.05) is 12.1 Å². The fourth-order valence-electron chi connectivity index (χ4n) is 1.34. The standard InChI is InChI=1S/C14H23N3O4S/c1-8(2)11(19)17-12-15-7-10(22-12)9(18)6-16-13(20)21-14(3,4)5/h7-9,18H,6H2,1-5H3,(H,16,20)(H,15,17,19). The quantitative estimate of drug-likeness (QED) is 0.769. The Bertz CT molecular complexity index is 522. The first kappa shape index (κ1) is 18.4. The fraction of sp³-hybridized carbons (Fsp3) is 0.643. The van der Waals surface area contributed by atoms with Gasteiger partial charge < -0.3 is 20.5 Å². The van der Waals surface area contributed by atoms with Crippen molar-refractivity contribution in [3.05, 3.63) is 11.1 Å². The minimum atomic E-state index is -0.908. The van der Waals surface area contributed by atoms with E-state index in [1.54, 1.807) is 34.6 Å². The molecule has 1 aromatic heterocycles. The molecule has 0 bridgehead atoms. The topological polar surface area (TPSA) is 101 Å². The molecule has 2 amide bonds. The van der Waals surface area contributed by atoms with Gasteiger partial charge in [0.25, 0.3) is 0 Å². The number of carbonyl (C=O) groups excluding carboxylic acids is 2. The van der Waals surface area contributed by atoms with E-state index >= 15 is 0 Å². The van der Waals surface area contributed by atoms with Crippen LogP contribution in [0.15, 0.2) is 6.20 Å². The molecule has 1 rings (SSSR count). The monoisotopic (exact) mass is 329 g/mol. The lowest BCUT2D eigenvalue weighted by Crippen LogP contribution is -2.34. The number of ether oxygens (including phenoxy) is 1. The Kier molecular flexibility index (Phi) is 6.31. The molecule has 0 saturated heterocycles. The van der Waals surface area contributed by atoms with Crippen LogP contribution in [0.1, 0.15) is 45.6 Å². The summed E-state index contributed by atoms with van der Waals surface area (Å²) in [4.78, 5) is 27.6. The molecular formula is C14H23N3O4S. The van der Waals surface area contributed by atoms with E-state index in [0.717, 1.165) is 0 Å². The molecule has 0 saturated carbocycles. The third-order valence-electron chi connectivity index (χ3n) is 2.45. The number of nitrogens with one attached hydrogen (secondary N) is 2. The Balaban J connectivity index is 2.50. The zero-order valence-electron chi connectivity index (χ0n) is 13.5. The van der Waals surface area contributed by atoms with Gasteiger partial charge in [-0.05, 0) is 20.8 Å². The lowest BCUT2D eigenvalue weighted by atomic mass is 10.2. The number of nitrogens with zero attached hydrogens (tertiary/aromatic N) is 1. The van der Waals surface area contributed by atoms with Crippen LogP contribution in [0.3, 0.4) is 0 Å². The maximum Gasteiger partial charge on any atom is 0.407 e. The van der Waals surface area contributed by atoms with Crippen LogP contribution in [0.2, 0.25) is 0 Å². The summed E-state index contributed by atoms with van der Waals surface area (Å²) in [6.07, 6.45) is -0.0266. The molecule has 1 unspecified atom stereocenters. The van der Waals surface area contributed by atoms with Crippen molar-refractivity contribution >= 4 is 28.5 Å². The van der Waals surface area contributed by atoms with Crippen LogP contribution in [0, 0.1) is 5.92 Å². The number of rotatable bonds is 5. The summed E-state index contributed by atoms with van der Waals surface area (Å²) < 4.78 is 5.08. The van der Waals surface area contributed by atoms with Crippen molar-refractivity contribution in [1.29, 1.82) is 0 Å². The number of thiazole rings is 1. The number of aliphatic hydroxyl groups excluding tert-OH is 1. The first-order chi connectivity index (χ1) is 10.1. The molecule has 0 aliphatic carbocycles. The summed E-state index contributed by atoms with van der Waals surface area (Å²) in [6, 6.07) is 0. The molecule has 7 nitrogen and oxygen atoms in total. The summed E-state index contributed by atoms with van der Waals surface area (Å²) in [7, 11) is 0. The predicted octanol–water partition coefficient (Wildman–Crippen LogP) is 2.30. The van der Waals surface area contributed by atoms with Crippen LogP contribution in [-0.2, 0) is 9.53 Å². The van der Waals surface area contributed by atoms with Gasteiger partial charge in [-0.2, -0.15) is 0 Å². The molecule has 8 heteroatoms. The van der Waals surface area contributed by atoms with Crippen molar-refractivity contribution in [3.8, 4) is 0 Å². The second kappa shape index (κ2) is 7.55. The Morgan fingerprint density at radius 1 is 1.41 bits per heavy atom. The lowest BCUT2D eigenvalue weighted by Gasteiger charge is -2.20. The second-order valence-electron chi connectivity index (χ2n) is 6.11. The number of anilines is 1. The van der Waals surface area contributed by atoms with Crippen LogP contribution < -0.4 is 10.6 Å². The number of hydrogen-bond donors (Lipinski definition) is 3. The zero-order chi connectivity index (χ0) is 16.9. The minimum absolute atomic E-state index is 0.00860. The Hall–Kier alpha value is -1.67. The summed E-state index contributed by atoms with van der Waals surface area (Å²) in [6.45, 7) is 8.85. The number of amides is 2. The normalized spacial score (nSPS) is 12.9. The molecule has 3 N–H and O–H groups in total. The highest BCUT2D eigenvalue weighted by atomic mass is 32.1. The van der Waals surface area contributed by atoms with Crippen molar-refractivity contribution < 1.29 is 19.4 Å². The lowest BCUT2D eigenvalue weighted by molar-refractivity contribution is -0.118. The maximum absolute atomic E-state index is 11.6. The van der Waals surface area contributed by atoms with E-state index in [2.05, 4.69) is 15.6 Å². The van der Waals surface area contributed by atoms with E-state index in [-0.39, 0.29) is 18.4 Å². The summed E-state index contributed by atoms with van der Waals surface area (Å²) in [5.74, 6) is -0.284. The molecule has 22 heavy (non-hydrogen) atoms. The molecule has 1 heterocycles. The number of carbonyl (C=O) groups is 2. The van der Waals surface area contributed by atoms with Gasteiger partial charge in [0.05, 0.1) is 11.4 Å². The molecule has 0 radical (unpaired) electrons. The van der Waals surface area contributed by atoms with Gasteiger partial charge >= 0.3 is 6.09 Å². The van der Waals surface area contributed by atoms with Crippen molar-refractivity contribution in [2.75, 3.05) is 11.9 Å². The number of aromatic nitrogens is 1. The molecule has 0 aliphatic heterocycles. The van der Waals surface area contributed by atoms with E-state index in [0.29, 0.717) is 10.0 Å². The van der Waals surface area contributed by atoms with Gasteiger partial charge in [-0.15, -0.1) is 0 Å². The van der Waals surface area contributed by atoms with Gasteiger partial charge in [-0.25, -0.2) is 9.78 Å². The predicted molar refractivity (Wildman–Crippen MR) is 84.8 cm³/mol. The fourth-order valence-corrected chi connectivity index (χ4v) is 2.15. The van der Waals surface area contributed by atoms with E-state index in [4.69, 9.17) is 4.74 Å². The first-order valence-corrected chi connectivity index (χ1v) is 7.81. The highest BCUT2D eigenvalue weighted by molar-refractivity contribution is 7.15. The highest BCUT2D eigenvalue weighted by Gasteiger charge is 2.19. The summed E-state index contributed by atoms with van der Waals surface area (Å²) in [5.41, 5.74) is -0.589. The van der Waals surface area contributed by atoms with Gasteiger partial charge in [0.15, 0.2) is 5.13 Å². The van der Waals surface area contributed by atoms with Gasteiger partial charge in [-0.3, -0.25) is 4.79 Å². The zero-order valence-corrected chi connectivity index (χ0v) is 14.3. The van der Waals surface area contributed by atoms with Crippen LogP contribution in [0.4, 0.5) is 9.93 Å². The highest BCUT2D eigenvalue weighted by Crippen LogP contribution is 2.24. The maximum atomic E-state index is 11.6. The van der Waals surface area contributed by atoms with Gasteiger partial charge in [0.1, 0.15) is 11.7 Å². The van der Waals surface area contributed by atoms with Crippen molar-refractivity contribution in [2.24, 2.45) is 5.92 Å². The number of hydrogen-bond acceptors (Lipinski definition) is 6. The second-order valence-corrected chi connectivity index (χ2v) is 7.17. The largest absolute Gasteiger partial charge is 0.444 e. The van der Waals surface area contributed by atoms with Gasteiger partial charge in [-0.1, -0.05) is 25.2 Å². The molecule has 0 aliphatic rings. The third-order valence-corrected chi connectivity index (χ3v) is 3.46. The molecule has 124 valence electrons. The first-order valence-electron chi connectivity index (χ1n) is 7.00. The summed E-state index contributed by atoms with van der Waals surface area (Å²) >= 11 is 1.17. The SMILES string of the molecule is CC(C)C(=O)Nc1ncc(C(O)CNC(=O)OC(C)(C)C)s1. The van der Waals surface area contributed by atoms with Crippen LogP contribution >= 0.6 is 11.3 Å². The molecule has 1 atom stereocenters. The minimum Gasteiger partial charge on any atom is -0.444 e. The van der Waals surface area contributed by atoms with E-state index in [9.17, 15) is 14.7 Å². The van der Waals surface area contributed by atoms with Crippen LogP contribution in [-0.4, -0.2) is 34.2 Å². The molecule has 1 aromatic rings. The van der Waals surface area contributed by atoms with Crippen LogP contribution in [0.25, 0.3) is 0 Å². The average Bonchev–Trinajstić information content (AvgIpc) is 2.82. The van der Waals surface area contributed by atoms with E-state index in [1.165, 1.54) is 17.5 Å². The smallest absolute Gasteiger partial charge is 0.407 e. The Labute approximate surface area is 134 Å². The van der Waals surface area contributed by atoms with E-state index in [1.807, 2.05) is 0 Å². The summed E-state index contributed by atoms with van der Waals surface area (Å²) in [5, 5.41) is 15.6. The van der Waals surface area contributed by atoms with Gasteiger partial charge in [0.2, 0.25) is 5.91 Å². The number of aliphatic hydroxyl groups is 1. The van der Waals surface area contributed by atoms with Crippen LogP contribution in [0.5, 0.6) is 0 Å². The van der Waals surface area contributed by atoms with Crippen molar-refractivity contribution in [1.82, 2.24) is 10.3 Å². The van der Waals surface area contributed by atoms with Crippen molar-refractivity contribution in [3.63, 3.8) is 0 Å². The molecule has 0 aromatic carbocycles. The average molecular weight is 329 g/mol. The molecule has 0 spiro atoms.